The maximum Gasteiger partial charge on any atom is 0.173 e. The third kappa shape index (κ3) is 1.48. The number of hydrogen-bond acceptors (Lipinski definition) is 3. The zero-order valence-corrected chi connectivity index (χ0v) is 13.6. The van der Waals surface area contributed by atoms with Gasteiger partial charge in [-0.3, -0.25) is 4.79 Å². The van der Waals surface area contributed by atoms with E-state index >= 15 is 0 Å². The van der Waals surface area contributed by atoms with Gasteiger partial charge in [0.1, 0.15) is 5.76 Å². The molecule has 2 aliphatic heterocycles. The average molecular weight is 298 g/mol. The predicted molar refractivity (Wildman–Crippen MR) is 84.7 cm³/mol. The van der Waals surface area contributed by atoms with Gasteiger partial charge in [-0.15, -0.1) is 0 Å². The van der Waals surface area contributed by atoms with Crippen LogP contribution in [0.2, 0.25) is 0 Å². The lowest BCUT2D eigenvalue weighted by Gasteiger charge is -2.31. The van der Waals surface area contributed by atoms with E-state index in [0.717, 1.165) is 29.5 Å². The second-order valence-corrected chi connectivity index (χ2v) is 7.36. The number of carbonyl (C=O) groups is 1. The molecule has 22 heavy (non-hydrogen) atoms. The van der Waals surface area contributed by atoms with Crippen molar-refractivity contribution >= 4 is 11.4 Å². The number of ketones is 1. The molecule has 2 saturated heterocycles. The van der Waals surface area contributed by atoms with Gasteiger partial charge in [-0.1, -0.05) is 17.7 Å². The number of allylic oxidation sites excluding steroid dienone is 1. The first-order valence-corrected chi connectivity index (χ1v) is 8.07. The molecule has 0 aromatic heterocycles. The van der Waals surface area contributed by atoms with Crippen molar-refractivity contribution in [3.05, 3.63) is 40.1 Å². The minimum atomic E-state index is -0.529. The highest BCUT2D eigenvalue weighted by Gasteiger charge is 2.66. The summed E-state index contributed by atoms with van der Waals surface area (Å²) in [6.45, 7) is 8.09. The number of rotatable bonds is 1. The Bertz CT molecular complexity index is 707. The highest BCUT2D eigenvalue weighted by Crippen LogP contribution is 2.61. The van der Waals surface area contributed by atoms with Gasteiger partial charge >= 0.3 is 0 Å². The van der Waals surface area contributed by atoms with Crippen LogP contribution in [0.25, 0.3) is 5.57 Å². The number of aliphatic hydroxyl groups is 1. The fraction of sp³-hybridized carbons (Fsp3) is 0.526. The van der Waals surface area contributed by atoms with E-state index in [2.05, 4.69) is 19.1 Å². The molecule has 0 amide bonds. The van der Waals surface area contributed by atoms with Crippen molar-refractivity contribution in [1.82, 2.24) is 0 Å². The molecule has 2 fully saturated rings. The Labute approximate surface area is 131 Å². The summed E-state index contributed by atoms with van der Waals surface area (Å²) in [5.74, 6) is 0.119. The second-order valence-electron chi connectivity index (χ2n) is 7.36. The molecule has 4 atom stereocenters. The van der Waals surface area contributed by atoms with Gasteiger partial charge in [-0.05, 0) is 57.2 Å². The van der Waals surface area contributed by atoms with Crippen LogP contribution in [0.4, 0.5) is 0 Å². The van der Waals surface area contributed by atoms with E-state index in [-0.39, 0.29) is 29.7 Å². The Balaban J connectivity index is 1.94. The van der Waals surface area contributed by atoms with Crippen molar-refractivity contribution in [2.75, 3.05) is 0 Å². The van der Waals surface area contributed by atoms with E-state index in [4.69, 9.17) is 4.74 Å². The number of aliphatic hydroxyl groups excluding tert-OH is 1. The van der Waals surface area contributed by atoms with Gasteiger partial charge in [0.2, 0.25) is 0 Å². The summed E-state index contributed by atoms with van der Waals surface area (Å²) in [7, 11) is 0. The molecule has 1 aromatic rings. The SMILES string of the molecule is Cc1cc(C)c(C2=C(O)[C@@]3(C)[C@@H]4CC[C@@H](O4)[C@H]3C2=O)c(C)c1. The Morgan fingerprint density at radius 3 is 2.41 bits per heavy atom. The summed E-state index contributed by atoms with van der Waals surface area (Å²) in [6, 6.07) is 4.16. The fourth-order valence-corrected chi connectivity index (χ4v) is 5.03. The summed E-state index contributed by atoms with van der Waals surface area (Å²) in [6.07, 6.45) is 1.83. The van der Waals surface area contributed by atoms with E-state index < -0.39 is 5.41 Å². The molecule has 4 rings (SSSR count). The predicted octanol–water partition coefficient (Wildman–Crippen LogP) is 3.65. The van der Waals surface area contributed by atoms with E-state index in [1.54, 1.807) is 0 Å². The molecule has 0 unspecified atom stereocenters. The molecule has 3 aliphatic rings. The minimum absolute atomic E-state index is 0.0185. The van der Waals surface area contributed by atoms with Gasteiger partial charge < -0.3 is 9.84 Å². The molecule has 1 aromatic carbocycles. The van der Waals surface area contributed by atoms with Crippen LogP contribution in [0, 0.1) is 32.1 Å². The van der Waals surface area contributed by atoms with Crippen LogP contribution in [-0.2, 0) is 9.53 Å². The number of aryl methyl sites for hydroxylation is 3. The average Bonchev–Trinajstić information content (AvgIpc) is 3.05. The van der Waals surface area contributed by atoms with Crippen molar-refractivity contribution < 1.29 is 14.6 Å². The first kappa shape index (κ1) is 14.0. The zero-order chi connectivity index (χ0) is 15.8. The Morgan fingerprint density at radius 1 is 1.18 bits per heavy atom. The smallest absolute Gasteiger partial charge is 0.173 e. The van der Waals surface area contributed by atoms with Crippen molar-refractivity contribution in [2.24, 2.45) is 11.3 Å². The van der Waals surface area contributed by atoms with Crippen LogP contribution in [0.1, 0.15) is 42.0 Å². The first-order chi connectivity index (χ1) is 10.4. The van der Waals surface area contributed by atoms with Gasteiger partial charge in [0.05, 0.1) is 29.1 Å². The summed E-state index contributed by atoms with van der Waals surface area (Å²) in [4.78, 5) is 13.1. The standard InChI is InChI=1S/C19H22O3/c1-9-7-10(2)14(11(3)8-9)15-17(20)16-12-5-6-13(22-12)19(16,4)18(15)21/h7-8,12-13,16,21H,5-6H2,1-4H3/t12-,13+,16+,19+/m1/s1. The zero-order valence-electron chi connectivity index (χ0n) is 13.6. The van der Waals surface area contributed by atoms with Gasteiger partial charge in [0.15, 0.2) is 5.78 Å². The van der Waals surface area contributed by atoms with Crippen molar-refractivity contribution in [3.8, 4) is 0 Å². The van der Waals surface area contributed by atoms with Crippen molar-refractivity contribution in [1.29, 1.82) is 0 Å². The summed E-state index contributed by atoms with van der Waals surface area (Å²) in [5.41, 5.74) is 4.23. The molecule has 3 nitrogen and oxygen atoms in total. The largest absolute Gasteiger partial charge is 0.511 e. The van der Waals surface area contributed by atoms with E-state index in [9.17, 15) is 9.90 Å². The van der Waals surface area contributed by atoms with Gasteiger partial charge in [0, 0.05) is 0 Å². The highest BCUT2D eigenvalue weighted by molar-refractivity contribution is 6.26. The quantitative estimate of drug-likeness (QED) is 0.861. The minimum Gasteiger partial charge on any atom is -0.511 e. The van der Waals surface area contributed by atoms with Crippen LogP contribution in [0.5, 0.6) is 0 Å². The van der Waals surface area contributed by atoms with Crippen LogP contribution >= 0.6 is 0 Å². The Kier molecular flexibility index (Phi) is 2.69. The van der Waals surface area contributed by atoms with E-state index in [1.807, 2.05) is 20.8 Å². The van der Waals surface area contributed by atoms with Gasteiger partial charge in [0.25, 0.3) is 0 Å². The number of benzene rings is 1. The molecule has 1 aliphatic carbocycles. The van der Waals surface area contributed by atoms with Gasteiger partial charge in [-0.2, -0.15) is 0 Å². The third-order valence-corrected chi connectivity index (χ3v) is 5.94. The molecule has 2 heterocycles. The molecule has 0 spiro atoms. The van der Waals surface area contributed by atoms with Crippen LogP contribution in [0.3, 0.4) is 0 Å². The van der Waals surface area contributed by atoms with Crippen molar-refractivity contribution in [2.45, 2.75) is 52.7 Å². The normalized spacial score (nSPS) is 36.4. The van der Waals surface area contributed by atoms with Crippen molar-refractivity contribution in [3.63, 3.8) is 0 Å². The number of hydrogen-bond donors (Lipinski definition) is 1. The number of ether oxygens (including phenoxy) is 1. The lowest BCUT2D eigenvalue weighted by atomic mass is 9.68. The Morgan fingerprint density at radius 2 is 1.82 bits per heavy atom. The maximum absolute atomic E-state index is 13.1. The van der Waals surface area contributed by atoms with Crippen LogP contribution in [-0.4, -0.2) is 23.1 Å². The molecular weight excluding hydrogens is 276 g/mol. The van der Waals surface area contributed by atoms with E-state index in [1.165, 1.54) is 5.56 Å². The number of Topliss-reactive ketones (excluding diaryl/α,β-unsaturated/α-hetero) is 1. The Hall–Kier alpha value is -1.61. The molecule has 2 bridgehead atoms. The second kappa shape index (κ2) is 4.23. The molecule has 3 heteroatoms. The van der Waals surface area contributed by atoms with Crippen LogP contribution < -0.4 is 0 Å². The van der Waals surface area contributed by atoms with Crippen LogP contribution in [0.15, 0.2) is 17.9 Å². The third-order valence-electron chi connectivity index (χ3n) is 5.94. The number of carbonyl (C=O) groups excluding carboxylic acids is 1. The lowest BCUT2D eigenvalue weighted by Crippen LogP contribution is -2.38. The fourth-order valence-electron chi connectivity index (χ4n) is 5.03. The number of fused-ring (bicyclic) bond motifs is 5. The molecule has 0 radical (unpaired) electrons. The first-order valence-electron chi connectivity index (χ1n) is 8.07. The summed E-state index contributed by atoms with van der Waals surface area (Å²) >= 11 is 0. The maximum atomic E-state index is 13.1. The molecule has 0 saturated carbocycles. The van der Waals surface area contributed by atoms with Gasteiger partial charge in [-0.25, -0.2) is 0 Å². The topological polar surface area (TPSA) is 46.5 Å². The van der Waals surface area contributed by atoms with E-state index in [0.29, 0.717) is 5.57 Å². The highest BCUT2D eigenvalue weighted by atomic mass is 16.5. The summed E-state index contributed by atoms with van der Waals surface area (Å²) in [5, 5.41) is 11.0. The monoisotopic (exact) mass is 298 g/mol. The lowest BCUT2D eigenvalue weighted by molar-refractivity contribution is -0.119. The summed E-state index contributed by atoms with van der Waals surface area (Å²) < 4.78 is 5.93. The molecular formula is C19H22O3. The molecule has 116 valence electrons. The molecule has 1 N–H and O–H groups in total.